The van der Waals surface area contributed by atoms with E-state index in [9.17, 15) is 0 Å². The Morgan fingerprint density at radius 2 is 1.33 bits per heavy atom. The summed E-state index contributed by atoms with van der Waals surface area (Å²) in [5.41, 5.74) is 7.37. The molecule has 2 aromatic rings. The highest BCUT2D eigenvalue weighted by molar-refractivity contribution is 7.99. The molecule has 0 fully saturated rings. The van der Waals surface area contributed by atoms with Crippen LogP contribution in [-0.2, 0) is 0 Å². The molecule has 0 aliphatic rings. The van der Waals surface area contributed by atoms with Crippen molar-refractivity contribution in [2.45, 2.75) is 23.1 Å². The van der Waals surface area contributed by atoms with Crippen LogP contribution in [0.5, 0.6) is 11.5 Å². The van der Waals surface area contributed by atoms with Gasteiger partial charge in [0.05, 0.1) is 14.2 Å². The predicted octanol–water partition coefficient (Wildman–Crippen LogP) is 3.88. The van der Waals surface area contributed by atoms with E-state index in [4.69, 9.17) is 15.2 Å². The molecule has 0 amide bonds. The van der Waals surface area contributed by atoms with Crippen molar-refractivity contribution < 1.29 is 9.47 Å². The summed E-state index contributed by atoms with van der Waals surface area (Å²) >= 11 is 1.76. The second kappa shape index (κ2) is 7.38. The number of rotatable bonds is 6. The average molecular weight is 303 g/mol. The fourth-order valence-electron chi connectivity index (χ4n) is 2.07. The molecule has 2 atom stereocenters. The van der Waals surface area contributed by atoms with E-state index in [1.807, 2.05) is 31.2 Å². The normalized spacial score (nSPS) is 13.5. The largest absolute Gasteiger partial charge is 0.497 e. The summed E-state index contributed by atoms with van der Waals surface area (Å²) < 4.78 is 10.4. The van der Waals surface area contributed by atoms with Crippen LogP contribution in [0.2, 0.25) is 0 Å². The van der Waals surface area contributed by atoms with E-state index in [0.29, 0.717) is 0 Å². The summed E-state index contributed by atoms with van der Waals surface area (Å²) in [5.74, 6) is 1.72. The zero-order valence-corrected chi connectivity index (χ0v) is 13.4. The van der Waals surface area contributed by atoms with Crippen LogP contribution in [0.3, 0.4) is 0 Å². The molecular formula is C17H21NO2S. The van der Waals surface area contributed by atoms with Crippen LogP contribution in [-0.4, -0.2) is 20.3 Å². The van der Waals surface area contributed by atoms with Gasteiger partial charge in [-0.2, -0.15) is 0 Å². The van der Waals surface area contributed by atoms with Crippen LogP contribution in [0.1, 0.15) is 17.7 Å². The lowest BCUT2D eigenvalue weighted by Crippen LogP contribution is -2.22. The maximum Gasteiger partial charge on any atom is 0.118 e. The summed E-state index contributed by atoms with van der Waals surface area (Å²) in [6.45, 7) is 2.03. The first-order valence-corrected chi connectivity index (χ1v) is 7.72. The third kappa shape index (κ3) is 4.16. The number of hydrogen-bond donors (Lipinski definition) is 1. The van der Waals surface area contributed by atoms with E-state index in [1.54, 1.807) is 26.0 Å². The second-order valence-electron chi connectivity index (χ2n) is 4.85. The van der Waals surface area contributed by atoms with E-state index >= 15 is 0 Å². The van der Waals surface area contributed by atoms with Crippen LogP contribution in [0, 0.1) is 0 Å². The molecule has 0 saturated carbocycles. The lowest BCUT2D eigenvalue weighted by atomic mass is 10.1. The molecule has 0 radical (unpaired) electrons. The van der Waals surface area contributed by atoms with Gasteiger partial charge in [0, 0.05) is 16.2 Å². The van der Waals surface area contributed by atoms with Crippen LogP contribution >= 0.6 is 11.8 Å². The molecule has 3 nitrogen and oxygen atoms in total. The van der Waals surface area contributed by atoms with Crippen LogP contribution < -0.4 is 15.2 Å². The van der Waals surface area contributed by atoms with Crippen LogP contribution in [0.25, 0.3) is 0 Å². The average Bonchev–Trinajstić information content (AvgIpc) is 2.53. The molecule has 2 aromatic carbocycles. The Balaban J connectivity index is 2.17. The fraction of sp³-hybridized carbons (Fsp3) is 0.294. The molecule has 0 saturated heterocycles. The topological polar surface area (TPSA) is 44.5 Å². The summed E-state index contributed by atoms with van der Waals surface area (Å²) in [4.78, 5) is 1.17. The van der Waals surface area contributed by atoms with Crippen molar-refractivity contribution >= 4 is 11.8 Å². The van der Waals surface area contributed by atoms with Gasteiger partial charge >= 0.3 is 0 Å². The molecule has 0 heterocycles. The lowest BCUT2D eigenvalue weighted by Gasteiger charge is -2.21. The molecule has 0 aliphatic carbocycles. The van der Waals surface area contributed by atoms with E-state index in [1.165, 1.54) is 10.5 Å². The van der Waals surface area contributed by atoms with Gasteiger partial charge in [-0.15, -0.1) is 11.8 Å². The van der Waals surface area contributed by atoms with Gasteiger partial charge in [-0.3, -0.25) is 0 Å². The Bertz CT molecular complexity index is 552. The maximum atomic E-state index is 6.17. The molecule has 112 valence electrons. The lowest BCUT2D eigenvalue weighted by molar-refractivity contribution is 0.414. The number of nitrogens with two attached hydrogens (primary N) is 1. The van der Waals surface area contributed by atoms with Gasteiger partial charge < -0.3 is 15.2 Å². The highest BCUT2D eigenvalue weighted by atomic mass is 32.2. The number of hydrogen-bond acceptors (Lipinski definition) is 4. The fourth-order valence-corrected chi connectivity index (χ4v) is 3.17. The van der Waals surface area contributed by atoms with Crippen LogP contribution in [0.15, 0.2) is 53.4 Å². The number of methoxy groups -OCH3 is 2. The minimum Gasteiger partial charge on any atom is -0.497 e. The van der Waals surface area contributed by atoms with Gasteiger partial charge in [-0.25, -0.2) is 0 Å². The van der Waals surface area contributed by atoms with Crippen molar-refractivity contribution in [1.29, 1.82) is 0 Å². The zero-order chi connectivity index (χ0) is 15.2. The molecule has 2 rings (SSSR count). The molecule has 0 bridgehead atoms. The minimum atomic E-state index is 0.0468. The summed E-state index contributed by atoms with van der Waals surface area (Å²) in [7, 11) is 3.34. The first kappa shape index (κ1) is 15.7. The van der Waals surface area contributed by atoms with Crippen molar-refractivity contribution in [1.82, 2.24) is 0 Å². The van der Waals surface area contributed by atoms with Crippen molar-refractivity contribution in [3.05, 3.63) is 54.1 Å². The number of benzene rings is 2. The third-order valence-corrected chi connectivity index (χ3v) is 4.74. The Labute approximate surface area is 130 Å². The van der Waals surface area contributed by atoms with Gasteiger partial charge in [0.15, 0.2) is 0 Å². The molecule has 21 heavy (non-hydrogen) atoms. The molecule has 0 spiro atoms. The SMILES string of the molecule is COc1ccc(SC(c2ccc(OC)cc2)C(C)N)cc1. The molecule has 4 heteroatoms. The van der Waals surface area contributed by atoms with E-state index in [-0.39, 0.29) is 11.3 Å². The molecule has 2 N–H and O–H groups in total. The molecular weight excluding hydrogens is 282 g/mol. The smallest absolute Gasteiger partial charge is 0.118 e. The highest BCUT2D eigenvalue weighted by Gasteiger charge is 2.17. The summed E-state index contributed by atoms with van der Waals surface area (Å²) in [6, 6.07) is 16.2. The second-order valence-corrected chi connectivity index (χ2v) is 6.06. The van der Waals surface area contributed by atoms with Crippen molar-refractivity contribution in [2.24, 2.45) is 5.73 Å². The molecule has 0 aromatic heterocycles. The molecule has 0 aliphatic heterocycles. The molecule has 2 unspecified atom stereocenters. The zero-order valence-electron chi connectivity index (χ0n) is 12.6. The van der Waals surface area contributed by atoms with Crippen molar-refractivity contribution in [3.63, 3.8) is 0 Å². The Kier molecular flexibility index (Phi) is 5.53. The quantitative estimate of drug-likeness (QED) is 0.822. The van der Waals surface area contributed by atoms with Crippen molar-refractivity contribution in [3.8, 4) is 11.5 Å². The van der Waals surface area contributed by atoms with E-state index in [2.05, 4.69) is 24.3 Å². The third-order valence-electron chi connectivity index (χ3n) is 3.24. The summed E-state index contributed by atoms with van der Waals surface area (Å²) in [6.07, 6.45) is 0. The maximum absolute atomic E-state index is 6.17. The first-order valence-electron chi connectivity index (χ1n) is 6.84. The number of ether oxygens (including phenoxy) is 2. The van der Waals surface area contributed by atoms with E-state index < -0.39 is 0 Å². The van der Waals surface area contributed by atoms with Gasteiger partial charge in [0.2, 0.25) is 0 Å². The first-order chi connectivity index (χ1) is 10.1. The van der Waals surface area contributed by atoms with Gasteiger partial charge in [-0.05, 0) is 48.9 Å². The monoisotopic (exact) mass is 303 g/mol. The number of thioether (sulfide) groups is 1. The van der Waals surface area contributed by atoms with Crippen molar-refractivity contribution in [2.75, 3.05) is 14.2 Å². The summed E-state index contributed by atoms with van der Waals surface area (Å²) in [5, 5.41) is 0.198. The Hall–Kier alpha value is -1.65. The van der Waals surface area contributed by atoms with Gasteiger partial charge in [-0.1, -0.05) is 12.1 Å². The Morgan fingerprint density at radius 1 is 0.857 bits per heavy atom. The van der Waals surface area contributed by atoms with Gasteiger partial charge in [0.1, 0.15) is 11.5 Å². The predicted molar refractivity (Wildman–Crippen MR) is 88.2 cm³/mol. The van der Waals surface area contributed by atoms with E-state index in [0.717, 1.165) is 11.5 Å². The minimum absolute atomic E-state index is 0.0468. The van der Waals surface area contributed by atoms with Crippen LogP contribution in [0.4, 0.5) is 0 Å². The Morgan fingerprint density at radius 3 is 1.76 bits per heavy atom. The standard InChI is InChI=1S/C17H21NO2S/c1-12(18)17(13-4-6-14(19-2)7-5-13)21-16-10-8-15(20-3)9-11-16/h4-12,17H,18H2,1-3H3. The highest BCUT2D eigenvalue weighted by Crippen LogP contribution is 2.38. The van der Waals surface area contributed by atoms with Gasteiger partial charge in [0.25, 0.3) is 0 Å².